The molecule has 2 aromatic rings. The van der Waals surface area contributed by atoms with Gasteiger partial charge < -0.3 is 19.5 Å². The molecule has 0 radical (unpaired) electrons. The lowest BCUT2D eigenvalue weighted by Gasteiger charge is -2.29. The van der Waals surface area contributed by atoms with Gasteiger partial charge in [-0.1, -0.05) is 61.7 Å². The molecule has 31 heavy (non-hydrogen) atoms. The first kappa shape index (κ1) is 23.8. The number of benzene rings is 2. The lowest BCUT2D eigenvalue weighted by molar-refractivity contribution is -0.0519. The highest BCUT2D eigenvalue weighted by atomic mass is 16.5. The molecule has 3 rings (SSSR count). The first-order chi connectivity index (χ1) is 15.2. The second-order valence-electron chi connectivity index (χ2n) is 8.74. The summed E-state index contributed by atoms with van der Waals surface area (Å²) in [6.07, 6.45) is 7.75. The minimum absolute atomic E-state index is 0.199. The summed E-state index contributed by atoms with van der Waals surface area (Å²) in [5.74, 6) is 1.54. The van der Waals surface area contributed by atoms with Gasteiger partial charge in [0.2, 0.25) is 0 Å². The standard InChI is InChI=1S/C27H39NO3/c1-22(19-23-9-5-3-6-10-23)28-17-18-30-26-15-13-24(14-16-26)20-31-27(21-29-2)25-11-7-4-8-12-25/h3,5-6,9-10,13-16,22,25,27-28H,4,7-8,11-12,17-21H2,1-2H3. The maximum atomic E-state index is 6.25. The zero-order chi connectivity index (χ0) is 21.7. The first-order valence-electron chi connectivity index (χ1n) is 11.8. The van der Waals surface area contributed by atoms with Crippen molar-refractivity contribution in [2.45, 2.75) is 64.2 Å². The van der Waals surface area contributed by atoms with E-state index >= 15 is 0 Å². The van der Waals surface area contributed by atoms with Gasteiger partial charge in [0.25, 0.3) is 0 Å². The molecule has 0 saturated heterocycles. The minimum Gasteiger partial charge on any atom is -0.492 e. The topological polar surface area (TPSA) is 39.7 Å². The molecule has 1 aliphatic carbocycles. The molecule has 2 aromatic carbocycles. The molecular formula is C27H39NO3. The lowest BCUT2D eigenvalue weighted by atomic mass is 9.85. The van der Waals surface area contributed by atoms with Crippen molar-refractivity contribution in [3.63, 3.8) is 0 Å². The Kier molecular flexibility index (Phi) is 10.4. The van der Waals surface area contributed by atoms with Gasteiger partial charge in [0.15, 0.2) is 0 Å². The van der Waals surface area contributed by atoms with Crippen LogP contribution in [-0.4, -0.2) is 39.0 Å². The molecule has 0 amide bonds. The Hall–Kier alpha value is -1.88. The van der Waals surface area contributed by atoms with Crippen LogP contribution in [0.2, 0.25) is 0 Å². The number of methoxy groups -OCH3 is 1. The maximum absolute atomic E-state index is 6.25. The molecule has 1 fully saturated rings. The molecule has 0 aliphatic heterocycles. The number of rotatable bonds is 13. The van der Waals surface area contributed by atoms with E-state index in [9.17, 15) is 0 Å². The summed E-state index contributed by atoms with van der Waals surface area (Å²) in [5, 5.41) is 3.53. The Morgan fingerprint density at radius 3 is 2.39 bits per heavy atom. The fraction of sp³-hybridized carbons (Fsp3) is 0.556. The summed E-state index contributed by atoms with van der Waals surface area (Å²) in [4.78, 5) is 0. The minimum atomic E-state index is 0.199. The van der Waals surface area contributed by atoms with Gasteiger partial charge in [-0.2, -0.15) is 0 Å². The van der Waals surface area contributed by atoms with Crippen LogP contribution in [-0.2, 0) is 22.5 Å². The third-order valence-electron chi connectivity index (χ3n) is 6.14. The van der Waals surface area contributed by atoms with Crippen molar-refractivity contribution in [3.8, 4) is 5.75 Å². The van der Waals surface area contributed by atoms with Gasteiger partial charge in [-0.05, 0) is 55.4 Å². The molecule has 170 valence electrons. The molecule has 1 saturated carbocycles. The van der Waals surface area contributed by atoms with Gasteiger partial charge in [-0.15, -0.1) is 0 Å². The molecule has 2 atom stereocenters. The van der Waals surface area contributed by atoms with Crippen LogP contribution in [0.4, 0.5) is 0 Å². The van der Waals surface area contributed by atoms with Crippen LogP contribution in [0.5, 0.6) is 5.75 Å². The molecule has 0 spiro atoms. The highest BCUT2D eigenvalue weighted by Gasteiger charge is 2.24. The molecule has 1 N–H and O–H groups in total. The number of ether oxygens (including phenoxy) is 3. The van der Waals surface area contributed by atoms with Crippen molar-refractivity contribution in [2.75, 3.05) is 26.9 Å². The van der Waals surface area contributed by atoms with E-state index in [1.165, 1.54) is 43.2 Å². The Balaban J connectivity index is 1.34. The van der Waals surface area contributed by atoms with Crippen LogP contribution in [0.25, 0.3) is 0 Å². The third kappa shape index (κ3) is 8.64. The fourth-order valence-corrected chi connectivity index (χ4v) is 4.39. The SMILES string of the molecule is COCC(OCc1ccc(OCCNC(C)Cc2ccccc2)cc1)C1CCCCC1. The second-order valence-corrected chi connectivity index (χ2v) is 8.74. The molecule has 0 heterocycles. The van der Waals surface area contributed by atoms with Gasteiger partial charge in [-0.25, -0.2) is 0 Å². The zero-order valence-electron chi connectivity index (χ0n) is 19.2. The second kappa shape index (κ2) is 13.5. The summed E-state index contributed by atoms with van der Waals surface area (Å²) in [7, 11) is 1.77. The quantitative estimate of drug-likeness (QED) is 0.436. The van der Waals surface area contributed by atoms with Crippen LogP contribution in [0, 0.1) is 5.92 Å². The van der Waals surface area contributed by atoms with Crippen molar-refractivity contribution in [2.24, 2.45) is 5.92 Å². The van der Waals surface area contributed by atoms with Gasteiger partial charge in [0.1, 0.15) is 12.4 Å². The van der Waals surface area contributed by atoms with Crippen LogP contribution < -0.4 is 10.1 Å². The average molecular weight is 426 g/mol. The summed E-state index contributed by atoms with van der Waals surface area (Å²) in [5.41, 5.74) is 2.54. The van der Waals surface area contributed by atoms with E-state index in [1.807, 2.05) is 12.1 Å². The average Bonchev–Trinajstić information content (AvgIpc) is 2.81. The highest BCUT2D eigenvalue weighted by Crippen LogP contribution is 2.28. The van der Waals surface area contributed by atoms with Crippen LogP contribution in [0.15, 0.2) is 54.6 Å². The summed E-state index contributed by atoms with van der Waals surface area (Å²) < 4.78 is 17.6. The van der Waals surface area contributed by atoms with Crippen molar-refractivity contribution in [3.05, 3.63) is 65.7 Å². The summed E-state index contributed by atoms with van der Waals surface area (Å²) >= 11 is 0. The molecule has 0 aromatic heterocycles. The normalized spacial score (nSPS) is 16.7. The summed E-state index contributed by atoms with van der Waals surface area (Å²) in [6, 6.07) is 19.3. The monoisotopic (exact) mass is 425 g/mol. The van der Waals surface area contributed by atoms with E-state index in [2.05, 4.69) is 54.7 Å². The molecule has 4 heteroatoms. The van der Waals surface area contributed by atoms with Gasteiger partial charge >= 0.3 is 0 Å². The van der Waals surface area contributed by atoms with Gasteiger partial charge in [0.05, 0.1) is 19.3 Å². The van der Waals surface area contributed by atoms with E-state index in [1.54, 1.807) is 7.11 Å². The summed E-state index contributed by atoms with van der Waals surface area (Å²) in [6.45, 7) is 5.02. The van der Waals surface area contributed by atoms with E-state index in [0.29, 0.717) is 31.8 Å². The predicted molar refractivity (Wildman–Crippen MR) is 127 cm³/mol. The molecular weight excluding hydrogens is 386 g/mol. The lowest BCUT2D eigenvalue weighted by Crippen LogP contribution is -2.31. The van der Waals surface area contributed by atoms with Crippen LogP contribution in [0.3, 0.4) is 0 Å². The molecule has 1 aliphatic rings. The first-order valence-corrected chi connectivity index (χ1v) is 11.8. The Morgan fingerprint density at radius 2 is 1.68 bits per heavy atom. The molecule has 0 bridgehead atoms. The number of hydrogen-bond acceptors (Lipinski definition) is 4. The third-order valence-corrected chi connectivity index (χ3v) is 6.14. The van der Waals surface area contributed by atoms with E-state index in [4.69, 9.17) is 14.2 Å². The van der Waals surface area contributed by atoms with E-state index < -0.39 is 0 Å². The number of hydrogen-bond donors (Lipinski definition) is 1. The Bertz CT molecular complexity index is 713. The highest BCUT2D eigenvalue weighted by molar-refractivity contribution is 5.27. The zero-order valence-corrected chi connectivity index (χ0v) is 19.2. The van der Waals surface area contributed by atoms with Gasteiger partial charge in [0, 0.05) is 19.7 Å². The van der Waals surface area contributed by atoms with Crippen molar-refractivity contribution >= 4 is 0 Å². The Labute approximate surface area is 188 Å². The molecule has 2 unspecified atom stereocenters. The van der Waals surface area contributed by atoms with Crippen molar-refractivity contribution in [1.29, 1.82) is 0 Å². The predicted octanol–water partition coefficient (Wildman–Crippen LogP) is 5.40. The fourth-order valence-electron chi connectivity index (χ4n) is 4.39. The van der Waals surface area contributed by atoms with Crippen LogP contribution >= 0.6 is 0 Å². The smallest absolute Gasteiger partial charge is 0.119 e. The van der Waals surface area contributed by atoms with E-state index in [-0.39, 0.29) is 6.10 Å². The van der Waals surface area contributed by atoms with Crippen molar-refractivity contribution < 1.29 is 14.2 Å². The van der Waals surface area contributed by atoms with Crippen LogP contribution in [0.1, 0.15) is 50.2 Å². The molecule has 4 nitrogen and oxygen atoms in total. The van der Waals surface area contributed by atoms with E-state index in [0.717, 1.165) is 18.7 Å². The largest absolute Gasteiger partial charge is 0.492 e. The van der Waals surface area contributed by atoms with Crippen molar-refractivity contribution in [1.82, 2.24) is 5.32 Å². The van der Waals surface area contributed by atoms with Gasteiger partial charge in [-0.3, -0.25) is 0 Å². The Morgan fingerprint density at radius 1 is 0.935 bits per heavy atom. The number of nitrogens with one attached hydrogen (secondary N) is 1. The maximum Gasteiger partial charge on any atom is 0.119 e.